The molecule has 0 fully saturated rings. The maximum atomic E-state index is 10.7. The van der Waals surface area contributed by atoms with Crippen LogP contribution in [-0.4, -0.2) is 13.0 Å². The largest absolute Gasteiger partial charge is 0.726 e. The highest BCUT2D eigenvalue weighted by molar-refractivity contribution is 7.80. The van der Waals surface area contributed by atoms with E-state index in [0.717, 1.165) is 32.3 Å². The minimum atomic E-state index is -4.70. The fraction of sp³-hybridized carbons (Fsp3) is 0.0588. The Hall–Kier alpha value is -2.21. The zero-order valence-electron chi connectivity index (χ0n) is 11.4. The Morgan fingerprint density at radius 3 is 2.09 bits per heavy atom. The molecule has 0 heterocycles. The Morgan fingerprint density at radius 1 is 0.818 bits per heavy atom. The van der Waals surface area contributed by atoms with Crippen LogP contribution < -0.4 is 0 Å². The van der Waals surface area contributed by atoms with Gasteiger partial charge in [-0.15, -0.1) is 0 Å². The van der Waals surface area contributed by atoms with E-state index in [0.29, 0.717) is 5.56 Å². The molecule has 4 nitrogen and oxygen atoms in total. The summed E-state index contributed by atoms with van der Waals surface area (Å²) in [5.41, 5.74) is 0.685. The van der Waals surface area contributed by atoms with Crippen LogP contribution in [0.3, 0.4) is 0 Å². The van der Waals surface area contributed by atoms with Gasteiger partial charge in [0.25, 0.3) is 0 Å². The normalized spacial score (nSPS) is 12.6. The lowest BCUT2D eigenvalue weighted by molar-refractivity contribution is 0.254. The summed E-state index contributed by atoms with van der Waals surface area (Å²) in [5, 5.41) is 6.46. The van der Waals surface area contributed by atoms with Crippen LogP contribution >= 0.6 is 0 Å². The number of hydrogen-bond acceptors (Lipinski definition) is 4. The van der Waals surface area contributed by atoms with Gasteiger partial charge in [0.1, 0.15) is 0 Å². The first kappa shape index (κ1) is 13.5. The number of rotatable bonds is 3. The van der Waals surface area contributed by atoms with Crippen molar-refractivity contribution in [2.45, 2.75) is 6.61 Å². The van der Waals surface area contributed by atoms with Gasteiger partial charge in [-0.2, -0.15) is 0 Å². The first-order valence-corrected chi connectivity index (χ1v) is 8.12. The topological polar surface area (TPSA) is 66.4 Å². The van der Waals surface area contributed by atoms with Crippen LogP contribution in [0.5, 0.6) is 0 Å². The van der Waals surface area contributed by atoms with Gasteiger partial charge >= 0.3 is 0 Å². The second kappa shape index (κ2) is 4.64. The molecular formula is C17H11O4S-. The monoisotopic (exact) mass is 311 g/mol. The highest BCUT2D eigenvalue weighted by atomic mass is 32.3. The van der Waals surface area contributed by atoms with Crippen LogP contribution in [0.25, 0.3) is 32.3 Å². The van der Waals surface area contributed by atoms with Gasteiger partial charge in [-0.1, -0.05) is 54.6 Å². The smallest absolute Gasteiger partial charge is 0.217 e. The molecule has 0 aromatic heterocycles. The third-order valence-electron chi connectivity index (χ3n) is 3.98. The summed E-state index contributed by atoms with van der Waals surface area (Å²) in [7, 11) is -4.70. The van der Waals surface area contributed by atoms with Crippen molar-refractivity contribution in [3.8, 4) is 0 Å². The van der Waals surface area contributed by atoms with E-state index >= 15 is 0 Å². The molecule has 0 bridgehead atoms. The van der Waals surface area contributed by atoms with E-state index in [9.17, 15) is 13.0 Å². The van der Waals surface area contributed by atoms with Crippen LogP contribution in [-0.2, 0) is 21.2 Å². The molecule has 0 saturated carbocycles. The van der Waals surface area contributed by atoms with E-state index in [-0.39, 0.29) is 6.61 Å². The first-order chi connectivity index (χ1) is 10.5. The molecule has 0 atom stereocenters. The maximum Gasteiger partial charge on any atom is 0.217 e. The summed E-state index contributed by atoms with van der Waals surface area (Å²) in [6, 6.07) is 17.9. The zero-order valence-corrected chi connectivity index (χ0v) is 12.3. The van der Waals surface area contributed by atoms with Crippen molar-refractivity contribution in [3.05, 3.63) is 60.2 Å². The van der Waals surface area contributed by atoms with Gasteiger partial charge in [0.15, 0.2) is 0 Å². The predicted octanol–water partition coefficient (Wildman–Crippen LogP) is 3.56. The van der Waals surface area contributed by atoms with Crippen LogP contribution in [0.1, 0.15) is 5.56 Å². The maximum absolute atomic E-state index is 10.7. The molecule has 4 aromatic rings. The van der Waals surface area contributed by atoms with Crippen LogP contribution in [0.2, 0.25) is 0 Å². The van der Waals surface area contributed by atoms with Crippen LogP contribution in [0.15, 0.2) is 54.6 Å². The molecule has 4 aromatic carbocycles. The Bertz CT molecular complexity index is 1080. The number of hydrogen-bond donors (Lipinski definition) is 0. The summed E-state index contributed by atoms with van der Waals surface area (Å²) in [6.07, 6.45) is 0. The van der Waals surface area contributed by atoms with Crippen molar-refractivity contribution in [1.29, 1.82) is 0 Å². The minimum absolute atomic E-state index is 0.250. The SMILES string of the molecule is O=S(=O)([O-])OCc1ccc2ccc3cccc4ccc1c2c34. The van der Waals surface area contributed by atoms with Gasteiger partial charge in [-0.25, -0.2) is 8.42 Å². The highest BCUT2D eigenvalue weighted by Gasteiger charge is 2.11. The third kappa shape index (κ3) is 2.11. The predicted molar refractivity (Wildman–Crippen MR) is 84.6 cm³/mol. The van der Waals surface area contributed by atoms with E-state index in [1.165, 1.54) is 0 Å². The first-order valence-electron chi connectivity index (χ1n) is 6.78. The van der Waals surface area contributed by atoms with E-state index < -0.39 is 10.4 Å². The molecular weight excluding hydrogens is 300 g/mol. The van der Waals surface area contributed by atoms with Gasteiger partial charge in [0, 0.05) is 0 Å². The molecule has 0 aliphatic carbocycles. The van der Waals surface area contributed by atoms with Gasteiger partial charge in [-0.3, -0.25) is 4.18 Å². The Labute approximate surface area is 127 Å². The van der Waals surface area contributed by atoms with E-state index in [4.69, 9.17) is 0 Å². The lowest BCUT2D eigenvalue weighted by Crippen LogP contribution is -2.04. The summed E-state index contributed by atoms with van der Waals surface area (Å²) >= 11 is 0. The van der Waals surface area contributed by atoms with Crippen molar-refractivity contribution in [1.82, 2.24) is 0 Å². The van der Waals surface area contributed by atoms with Gasteiger partial charge < -0.3 is 4.55 Å². The summed E-state index contributed by atoms with van der Waals surface area (Å²) in [6.45, 7) is -0.250. The van der Waals surface area contributed by atoms with Crippen molar-refractivity contribution < 1.29 is 17.2 Å². The van der Waals surface area contributed by atoms with Crippen LogP contribution in [0.4, 0.5) is 0 Å². The molecule has 0 aliphatic rings. The van der Waals surface area contributed by atoms with Crippen molar-refractivity contribution in [3.63, 3.8) is 0 Å². The lowest BCUT2D eigenvalue weighted by atomic mass is 9.92. The standard InChI is InChI=1S/C17H12O4S/c18-22(19,20)21-10-14-7-6-13-5-4-11-2-1-3-12-8-9-15(14)17(13)16(11)12/h1-9H,10H2,(H,18,19,20)/p-1. The molecule has 22 heavy (non-hydrogen) atoms. The molecule has 110 valence electrons. The molecule has 0 radical (unpaired) electrons. The second-order valence-electron chi connectivity index (χ2n) is 5.25. The van der Waals surface area contributed by atoms with Crippen molar-refractivity contribution in [2.75, 3.05) is 0 Å². The molecule has 0 amide bonds. The molecule has 0 saturated heterocycles. The average molecular weight is 311 g/mol. The summed E-state index contributed by atoms with van der Waals surface area (Å²) < 4.78 is 36.5. The molecule has 0 spiro atoms. The third-order valence-corrected chi connectivity index (χ3v) is 4.38. The number of benzene rings is 4. The van der Waals surface area contributed by atoms with Gasteiger partial charge in [0.05, 0.1) is 6.61 Å². The van der Waals surface area contributed by atoms with Crippen molar-refractivity contribution >= 4 is 42.7 Å². The Kier molecular flexibility index (Phi) is 2.84. The molecule has 4 rings (SSSR count). The molecule has 0 unspecified atom stereocenters. The Balaban J connectivity index is 2.04. The van der Waals surface area contributed by atoms with E-state index in [1.54, 1.807) is 6.07 Å². The van der Waals surface area contributed by atoms with Crippen molar-refractivity contribution in [2.24, 2.45) is 0 Å². The summed E-state index contributed by atoms with van der Waals surface area (Å²) in [5.74, 6) is 0. The average Bonchev–Trinajstić information content (AvgIpc) is 2.50. The van der Waals surface area contributed by atoms with Gasteiger partial charge in [-0.05, 0) is 37.9 Å². The highest BCUT2D eigenvalue weighted by Crippen LogP contribution is 2.36. The van der Waals surface area contributed by atoms with Crippen LogP contribution in [0, 0.1) is 0 Å². The molecule has 5 heteroatoms. The second-order valence-corrected chi connectivity index (χ2v) is 6.30. The van der Waals surface area contributed by atoms with E-state index in [2.05, 4.69) is 10.2 Å². The minimum Gasteiger partial charge on any atom is -0.726 e. The molecule has 0 aliphatic heterocycles. The quantitative estimate of drug-likeness (QED) is 0.329. The van der Waals surface area contributed by atoms with E-state index in [1.807, 2.05) is 42.5 Å². The van der Waals surface area contributed by atoms with Gasteiger partial charge in [0.2, 0.25) is 10.4 Å². The molecule has 0 N–H and O–H groups in total. The fourth-order valence-corrected chi connectivity index (χ4v) is 3.33. The lowest BCUT2D eigenvalue weighted by Gasteiger charge is -2.14. The zero-order chi connectivity index (χ0) is 15.3. The summed E-state index contributed by atoms with van der Waals surface area (Å²) in [4.78, 5) is 0. The fourth-order valence-electron chi connectivity index (χ4n) is 3.06. The Morgan fingerprint density at radius 2 is 1.41 bits per heavy atom.